The Morgan fingerprint density at radius 1 is 1.26 bits per heavy atom. The fraction of sp³-hybridized carbons (Fsp3) is 0.474. The molecule has 0 radical (unpaired) electrons. The Morgan fingerprint density at radius 3 is 2.74 bits per heavy atom. The van der Waals surface area contributed by atoms with Gasteiger partial charge in [-0.25, -0.2) is 17.2 Å². The van der Waals surface area contributed by atoms with Gasteiger partial charge in [-0.15, -0.1) is 0 Å². The summed E-state index contributed by atoms with van der Waals surface area (Å²) < 4.78 is 52.4. The molecule has 1 aromatic carbocycles. The molecule has 4 rings (SSSR count). The number of rotatable bonds is 4. The quantitative estimate of drug-likeness (QED) is 0.856. The molecule has 0 bridgehead atoms. The number of nitrogens with zero attached hydrogens (tertiary/aromatic N) is 1. The van der Waals surface area contributed by atoms with Gasteiger partial charge in [0.05, 0.1) is 16.0 Å². The maximum atomic E-state index is 14.2. The molecule has 0 saturated heterocycles. The molecule has 27 heavy (non-hydrogen) atoms. The standard InChI is InChI=1S/C19H20F2N2O3S/c1-27(25,26)15-6-5-14(13-11-22-9-7-12(13)15)23-17(24)10-18-8-3-2-4-16(18)19(18,20)21/h5-7,9,11,16H,2-4,8,10H2,1H3,(H,23,24). The second kappa shape index (κ2) is 5.95. The molecule has 1 N–H and O–H groups in total. The third kappa shape index (κ3) is 2.81. The van der Waals surface area contributed by atoms with Gasteiger partial charge in [0.25, 0.3) is 5.92 Å². The monoisotopic (exact) mass is 394 g/mol. The van der Waals surface area contributed by atoms with E-state index in [1.54, 1.807) is 6.07 Å². The lowest BCUT2D eigenvalue weighted by Crippen LogP contribution is -2.23. The Labute approximate surface area is 156 Å². The summed E-state index contributed by atoms with van der Waals surface area (Å²) in [5.41, 5.74) is -0.834. The lowest BCUT2D eigenvalue weighted by Gasteiger charge is -2.20. The Balaban J connectivity index is 1.62. The van der Waals surface area contributed by atoms with Crippen molar-refractivity contribution in [3.63, 3.8) is 0 Å². The summed E-state index contributed by atoms with van der Waals surface area (Å²) in [6.07, 6.45) is 6.16. The first-order valence-corrected chi connectivity index (χ1v) is 10.8. The minimum atomic E-state index is -3.46. The van der Waals surface area contributed by atoms with Crippen LogP contribution in [0.15, 0.2) is 35.5 Å². The molecule has 1 aromatic heterocycles. The predicted octanol–water partition coefficient (Wildman–Crippen LogP) is 3.79. The first kappa shape index (κ1) is 18.3. The number of sulfone groups is 1. The summed E-state index contributed by atoms with van der Waals surface area (Å²) in [5.74, 6) is -3.95. The Hall–Kier alpha value is -2.09. The number of hydrogen-bond donors (Lipinski definition) is 1. The van der Waals surface area contributed by atoms with Crippen LogP contribution >= 0.6 is 0 Å². The average Bonchev–Trinajstić information content (AvgIpc) is 3.09. The summed E-state index contributed by atoms with van der Waals surface area (Å²) in [7, 11) is -3.46. The molecule has 8 heteroatoms. The van der Waals surface area contributed by atoms with Crippen LogP contribution in [0.4, 0.5) is 14.5 Å². The van der Waals surface area contributed by atoms with Gasteiger partial charge in [-0.05, 0) is 31.0 Å². The van der Waals surface area contributed by atoms with Crippen molar-refractivity contribution in [3.8, 4) is 0 Å². The van der Waals surface area contributed by atoms with Crippen LogP contribution in [0.1, 0.15) is 32.1 Å². The zero-order valence-corrected chi connectivity index (χ0v) is 15.7. The smallest absolute Gasteiger partial charge is 0.258 e. The number of fused-ring (bicyclic) bond motifs is 2. The van der Waals surface area contributed by atoms with Crippen LogP contribution < -0.4 is 5.32 Å². The van der Waals surface area contributed by atoms with Crippen LogP contribution in [0.2, 0.25) is 0 Å². The van der Waals surface area contributed by atoms with Crippen molar-refractivity contribution in [2.45, 2.75) is 42.9 Å². The van der Waals surface area contributed by atoms with E-state index in [1.165, 1.54) is 24.5 Å². The SMILES string of the molecule is CS(=O)(=O)c1ccc(NC(=O)CC23CCCCC2C3(F)F)c2cnccc12. The van der Waals surface area contributed by atoms with Gasteiger partial charge in [0.1, 0.15) is 0 Å². The Morgan fingerprint density at radius 2 is 2.04 bits per heavy atom. The molecular weight excluding hydrogens is 374 g/mol. The summed E-state index contributed by atoms with van der Waals surface area (Å²) in [6.45, 7) is 0. The molecule has 2 fully saturated rings. The summed E-state index contributed by atoms with van der Waals surface area (Å²) in [4.78, 5) is 16.7. The first-order chi connectivity index (χ1) is 12.7. The van der Waals surface area contributed by atoms with E-state index in [4.69, 9.17) is 0 Å². The topological polar surface area (TPSA) is 76.1 Å². The second-order valence-electron chi connectivity index (χ2n) is 7.61. The molecule has 2 aromatic rings. The number of halogens is 2. The molecule has 2 aliphatic rings. The fourth-order valence-electron chi connectivity index (χ4n) is 4.58. The highest BCUT2D eigenvalue weighted by atomic mass is 32.2. The molecular formula is C19H20F2N2O3S. The minimum Gasteiger partial charge on any atom is -0.325 e. The number of carbonyl (C=O) groups is 1. The minimum absolute atomic E-state index is 0.137. The zero-order valence-electron chi connectivity index (χ0n) is 14.8. The van der Waals surface area contributed by atoms with Gasteiger partial charge in [-0.2, -0.15) is 0 Å². The molecule has 1 amide bonds. The number of amides is 1. The van der Waals surface area contributed by atoms with E-state index in [-0.39, 0.29) is 11.3 Å². The van der Waals surface area contributed by atoms with Crippen LogP contribution in [0.5, 0.6) is 0 Å². The molecule has 0 aliphatic heterocycles. The van der Waals surface area contributed by atoms with E-state index in [2.05, 4.69) is 10.3 Å². The molecule has 0 spiro atoms. The van der Waals surface area contributed by atoms with E-state index in [9.17, 15) is 22.0 Å². The molecule has 1 heterocycles. The summed E-state index contributed by atoms with van der Waals surface area (Å²) in [5, 5.41) is 3.60. The third-order valence-corrected chi connectivity index (χ3v) is 7.13. The van der Waals surface area contributed by atoms with E-state index in [0.29, 0.717) is 29.3 Å². The molecule has 5 nitrogen and oxygen atoms in total. The Bertz CT molecular complexity index is 1040. The number of alkyl halides is 2. The molecule has 2 atom stereocenters. The number of nitrogens with one attached hydrogen (secondary N) is 1. The van der Waals surface area contributed by atoms with Gasteiger partial charge >= 0.3 is 0 Å². The van der Waals surface area contributed by atoms with Gasteiger partial charge in [0.2, 0.25) is 5.91 Å². The maximum Gasteiger partial charge on any atom is 0.258 e. The van der Waals surface area contributed by atoms with Crippen LogP contribution in [0.3, 0.4) is 0 Å². The van der Waals surface area contributed by atoms with E-state index < -0.39 is 33.0 Å². The zero-order chi connectivity index (χ0) is 19.4. The predicted molar refractivity (Wildman–Crippen MR) is 97.4 cm³/mol. The van der Waals surface area contributed by atoms with Crippen molar-refractivity contribution in [1.29, 1.82) is 0 Å². The normalized spacial score (nSPS) is 26.4. The van der Waals surface area contributed by atoms with Crippen LogP contribution in [-0.2, 0) is 14.6 Å². The summed E-state index contributed by atoms with van der Waals surface area (Å²) in [6, 6.07) is 4.46. The third-order valence-electron chi connectivity index (χ3n) is 5.98. The number of pyridine rings is 1. The van der Waals surface area contributed by atoms with Crippen molar-refractivity contribution >= 4 is 32.2 Å². The van der Waals surface area contributed by atoms with Crippen molar-refractivity contribution in [2.24, 2.45) is 11.3 Å². The molecule has 2 aliphatic carbocycles. The fourth-order valence-corrected chi connectivity index (χ4v) is 5.48. The second-order valence-corrected chi connectivity index (χ2v) is 9.59. The lowest BCUT2D eigenvalue weighted by molar-refractivity contribution is -0.118. The van der Waals surface area contributed by atoms with Crippen LogP contribution in [0, 0.1) is 11.3 Å². The van der Waals surface area contributed by atoms with Crippen LogP contribution in [0.25, 0.3) is 10.8 Å². The number of carbonyl (C=O) groups excluding carboxylic acids is 1. The van der Waals surface area contributed by atoms with Crippen LogP contribution in [-0.4, -0.2) is 31.5 Å². The molecule has 144 valence electrons. The van der Waals surface area contributed by atoms with Gasteiger partial charge in [0, 0.05) is 41.8 Å². The lowest BCUT2D eigenvalue weighted by atomic mass is 9.85. The van der Waals surface area contributed by atoms with E-state index in [0.717, 1.165) is 19.1 Å². The highest BCUT2D eigenvalue weighted by Crippen LogP contribution is 2.73. The van der Waals surface area contributed by atoms with E-state index in [1.807, 2.05) is 0 Å². The van der Waals surface area contributed by atoms with Gasteiger partial charge in [0.15, 0.2) is 9.84 Å². The molecule has 2 unspecified atom stereocenters. The van der Waals surface area contributed by atoms with Gasteiger partial charge in [-0.3, -0.25) is 9.78 Å². The highest BCUT2D eigenvalue weighted by molar-refractivity contribution is 7.91. The highest BCUT2D eigenvalue weighted by Gasteiger charge is 2.80. The number of aromatic nitrogens is 1. The number of anilines is 1. The van der Waals surface area contributed by atoms with Crippen molar-refractivity contribution in [1.82, 2.24) is 4.98 Å². The summed E-state index contributed by atoms with van der Waals surface area (Å²) >= 11 is 0. The Kier molecular flexibility index (Phi) is 4.03. The number of benzene rings is 1. The van der Waals surface area contributed by atoms with Gasteiger partial charge in [-0.1, -0.05) is 12.8 Å². The number of hydrogen-bond acceptors (Lipinski definition) is 4. The van der Waals surface area contributed by atoms with Crippen molar-refractivity contribution in [3.05, 3.63) is 30.6 Å². The largest absolute Gasteiger partial charge is 0.325 e. The maximum absolute atomic E-state index is 14.2. The molecule has 2 saturated carbocycles. The van der Waals surface area contributed by atoms with Crippen molar-refractivity contribution < 1.29 is 22.0 Å². The van der Waals surface area contributed by atoms with E-state index >= 15 is 0 Å². The van der Waals surface area contributed by atoms with Crippen molar-refractivity contribution in [2.75, 3.05) is 11.6 Å². The van der Waals surface area contributed by atoms with Gasteiger partial charge < -0.3 is 5.32 Å². The first-order valence-electron chi connectivity index (χ1n) is 8.91. The average molecular weight is 394 g/mol.